The number of halogens is 1. The molecule has 1 fully saturated rings. The van der Waals surface area contributed by atoms with Crippen molar-refractivity contribution >= 4 is 5.69 Å². The van der Waals surface area contributed by atoms with Gasteiger partial charge in [0.15, 0.2) is 0 Å². The summed E-state index contributed by atoms with van der Waals surface area (Å²) in [4.78, 5) is 4.75. The van der Waals surface area contributed by atoms with E-state index in [2.05, 4.69) is 29.0 Å². The Morgan fingerprint density at radius 2 is 1.90 bits per heavy atom. The monoisotopic (exact) mass is 279 g/mol. The van der Waals surface area contributed by atoms with Crippen LogP contribution in [0.4, 0.5) is 10.1 Å². The third kappa shape index (κ3) is 3.30. The van der Waals surface area contributed by atoms with Crippen LogP contribution in [0.25, 0.3) is 0 Å². The summed E-state index contributed by atoms with van der Waals surface area (Å²) in [5.41, 5.74) is 1.86. The van der Waals surface area contributed by atoms with Crippen LogP contribution in [0.15, 0.2) is 18.2 Å². The second kappa shape index (κ2) is 7.04. The molecule has 0 saturated carbocycles. The maximum Gasteiger partial charge on any atom is 0.130 e. The average molecular weight is 279 g/mol. The standard InChI is InChI=1S/C16H26FN3/c1-4-18-13(3)16-14(17)7-6-8-15(16)20-11-9-19(5-2)10-12-20/h6-8,13,18H,4-5,9-12H2,1-3H3. The first-order valence-electron chi connectivity index (χ1n) is 7.66. The molecule has 4 heteroatoms. The number of likely N-dealkylation sites (N-methyl/N-ethyl adjacent to an activating group) is 1. The topological polar surface area (TPSA) is 18.5 Å². The van der Waals surface area contributed by atoms with Gasteiger partial charge in [-0.3, -0.25) is 0 Å². The third-order valence-electron chi connectivity index (χ3n) is 4.13. The van der Waals surface area contributed by atoms with Crippen molar-refractivity contribution in [2.45, 2.75) is 26.8 Å². The molecule has 1 aliphatic rings. The van der Waals surface area contributed by atoms with E-state index < -0.39 is 0 Å². The van der Waals surface area contributed by atoms with E-state index in [-0.39, 0.29) is 11.9 Å². The number of anilines is 1. The largest absolute Gasteiger partial charge is 0.369 e. The predicted molar refractivity (Wildman–Crippen MR) is 82.8 cm³/mol. The molecule has 1 unspecified atom stereocenters. The van der Waals surface area contributed by atoms with E-state index in [9.17, 15) is 4.39 Å². The summed E-state index contributed by atoms with van der Waals surface area (Å²) in [5, 5.41) is 3.32. The Hall–Kier alpha value is -1.13. The summed E-state index contributed by atoms with van der Waals surface area (Å²) in [6, 6.07) is 5.47. The normalized spacial score (nSPS) is 18.3. The molecular formula is C16H26FN3. The van der Waals surface area contributed by atoms with Gasteiger partial charge in [0.2, 0.25) is 0 Å². The molecule has 1 aliphatic heterocycles. The SMILES string of the molecule is CCNC(C)c1c(F)cccc1N1CCN(CC)CC1. The number of nitrogens with zero attached hydrogens (tertiary/aromatic N) is 2. The minimum atomic E-state index is -0.103. The third-order valence-corrected chi connectivity index (χ3v) is 4.13. The smallest absolute Gasteiger partial charge is 0.130 e. The van der Waals surface area contributed by atoms with Gasteiger partial charge in [-0.1, -0.05) is 19.9 Å². The highest BCUT2D eigenvalue weighted by Gasteiger charge is 2.22. The van der Waals surface area contributed by atoms with Gasteiger partial charge in [0.1, 0.15) is 5.82 Å². The molecule has 20 heavy (non-hydrogen) atoms. The highest BCUT2D eigenvalue weighted by molar-refractivity contribution is 5.56. The Morgan fingerprint density at radius 1 is 1.20 bits per heavy atom. The van der Waals surface area contributed by atoms with Crippen molar-refractivity contribution in [3.8, 4) is 0 Å². The van der Waals surface area contributed by atoms with E-state index in [1.54, 1.807) is 6.07 Å². The van der Waals surface area contributed by atoms with E-state index in [0.717, 1.165) is 50.5 Å². The van der Waals surface area contributed by atoms with E-state index in [1.807, 2.05) is 19.1 Å². The minimum Gasteiger partial charge on any atom is -0.369 e. The van der Waals surface area contributed by atoms with Crippen LogP contribution < -0.4 is 10.2 Å². The molecule has 112 valence electrons. The van der Waals surface area contributed by atoms with Crippen molar-refractivity contribution in [2.75, 3.05) is 44.2 Å². The van der Waals surface area contributed by atoms with Crippen LogP contribution in [0.3, 0.4) is 0 Å². The Balaban J connectivity index is 2.21. The first kappa shape index (κ1) is 15.3. The summed E-state index contributed by atoms with van der Waals surface area (Å²) in [6.07, 6.45) is 0. The molecule has 1 aromatic rings. The molecular weight excluding hydrogens is 253 g/mol. The summed E-state index contributed by atoms with van der Waals surface area (Å²) in [5.74, 6) is -0.103. The molecule has 3 nitrogen and oxygen atoms in total. The number of hydrogen-bond donors (Lipinski definition) is 1. The van der Waals surface area contributed by atoms with Gasteiger partial charge in [-0.2, -0.15) is 0 Å². The van der Waals surface area contributed by atoms with E-state index in [0.29, 0.717) is 0 Å². The fourth-order valence-corrected chi connectivity index (χ4v) is 2.94. The van der Waals surface area contributed by atoms with Crippen molar-refractivity contribution in [2.24, 2.45) is 0 Å². The van der Waals surface area contributed by atoms with Crippen molar-refractivity contribution in [3.63, 3.8) is 0 Å². The van der Waals surface area contributed by atoms with Gasteiger partial charge in [0.05, 0.1) is 0 Å². The van der Waals surface area contributed by atoms with Gasteiger partial charge < -0.3 is 15.1 Å². The molecule has 1 N–H and O–H groups in total. The number of benzene rings is 1. The Labute approximate surface area is 121 Å². The summed E-state index contributed by atoms with van der Waals surface area (Å²) in [6.45, 7) is 12.3. The lowest BCUT2D eigenvalue weighted by Crippen LogP contribution is -2.46. The Bertz CT molecular complexity index is 428. The zero-order chi connectivity index (χ0) is 14.5. The van der Waals surface area contributed by atoms with Gasteiger partial charge in [-0.25, -0.2) is 4.39 Å². The van der Waals surface area contributed by atoms with Gasteiger partial charge in [0.25, 0.3) is 0 Å². The van der Waals surface area contributed by atoms with Crippen LogP contribution >= 0.6 is 0 Å². The fraction of sp³-hybridized carbons (Fsp3) is 0.625. The van der Waals surface area contributed by atoms with E-state index in [1.165, 1.54) is 0 Å². The molecule has 1 saturated heterocycles. The van der Waals surface area contributed by atoms with Crippen LogP contribution in [0, 0.1) is 5.82 Å². The maximum absolute atomic E-state index is 14.2. The molecule has 1 aromatic carbocycles. The highest BCUT2D eigenvalue weighted by atomic mass is 19.1. The molecule has 0 aromatic heterocycles. The quantitative estimate of drug-likeness (QED) is 0.894. The molecule has 2 rings (SSSR count). The number of piperazine rings is 1. The molecule has 1 heterocycles. The zero-order valence-electron chi connectivity index (χ0n) is 12.8. The highest BCUT2D eigenvalue weighted by Crippen LogP contribution is 2.29. The van der Waals surface area contributed by atoms with Gasteiger partial charge in [-0.15, -0.1) is 0 Å². The molecule has 0 spiro atoms. The van der Waals surface area contributed by atoms with Crippen LogP contribution in [0.5, 0.6) is 0 Å². The molecule has 0 aliphatic carbocycles. The molecule has 1 atom stereocenters. The Morgan fingerprint density at radius 3 is 2.50 bits per heavy atom. The van der Waals surface area contributed by atoms with Crippen molar-refractivity contribution in [3.05, 3.63) is 29.6 Å². The zero-order valence-corrected chi connectivity index (χ0v) is 12.8. The predicted octanol–water partition coefficient (Wildman–Crippen LogP) is 2.64. The fourth-order valence-electron chi connectivity index (χ4n) is 2.94. The van der Waals surface area contributed by atoms with Gasteiger partial charge in [-0.05, 0) is 32.1 Å². The molecule has 0 radical (unpaired) electrons. The second-order valence-electron chi connectivity index (χ2n) is 5.37. The van der Waals surface area contributed by atoms with E-state index >= 15 is 0 Å². The first-order chi connectivity index (χ1) is 9.67. The number of rotatable bonds is 5. The number of nitrogens with one attached hydrogen (secondary N) is 1. The summed E-state index contributed by atoms with van der Waals surface area (Å²) >= 11 is 0. The minimum absolute atomic E-state index is 0.0420. The van der Waals surface area contributed by atoms with Crippen molar-refractivity contribution < 1.29 is 4.39 Å². The summed E-state index contributed by atoms with van der Waals surface area (Å²) in [7, 11) is 0. The van der Waals surface area contributed by atoms with Gasteiger partial charge >= 0.3 is 0 Å². The van der Waals surface area contributed by atoms with Crippen molar-refractivity contribution in [1.82, 2.24) is 10.2 Å². The average Bonchev–Trinajstić information content (AvgIpc) is 2.47. The van der Waals surface area contributed by atoms with Crippen LogP contribution in [0.2, 0.25) is 0 Å². The maximum atomic E-state index is 14.2. The van der Waals surface area contributed by atoms with E-state index in [4.69, 9.17) is 0 Å². The van der Waals surface area contributed by atoms with Crippen molar-refractivity contribution in [1.29, 1.82) is 0 Å². The van der Waals surface area contributed by atoms with Crippen LogP contribution in [-0.4, -0.2) is 44.2 Å². The summed E-state index contributed by atoms with van der Waals surface area (Å²) < 4.78 is 14.2. The Kier molecular flexibility index (Phi) is 5.38. The van der Waals surface area contributed by atoms with Crippen LogP contribution in [0.1, 0.15) is 32.4 Å². The lowest BCUT2D eigenvalue weighted by atomic mass is 10.0. The van der Waals surface area contributed by atoms with Gasteiger partial charge in [0, 0.05) is 43.5 Å². The lowest BCUT2D eigenvalue weighted by molar-refractivity contribution is 0.271. The van der Waals surface area contributed by atoms with Crippen LogP contribution in [-0.2, 0) is 0 Å². The molecule has 0 bridgehead atoms. The molecule has 0 amide bonds. The number of hydrogen-bond acceptors (Lipinski definition) is 3. The first-order valence-corrected chi connectivity index (χ1v) is 7.66. The second-order valence-corrected chi connectivity index (χ2v) is 5.37. The lowest BCUT2D eigenvalue weighted by Gasteiger charge is -2.37.